The minimum absolute atomic E-state index is 0.333. The quantitative estimate of drug-likeness (QED) is 0.927. The predicted molar refractivity (Wildman–Crippen MR) is 75.7 cm³/mol. The maximum atomic E-state index is 5.49. The molecule has 5 nitrogen and oxygen atoms in total. The molecule has 1 atom stereocenters. The number of rotatable bonds is 4. The zero-order chi connectivity index (χ0) is 13.8. The Balaban J connectivity index is 1.80. The molecule has 106 valence electrons. The van der Waals surface area contributed by atoms with Crippen LogP contribution in [0.4, 0.5) is 0 Å². The van der Waals surface area contributed by atoms with Crippen LogP contribution in [0.2, 0.25) is 0 Å². The van der Waals surface area contributed by atoms with Crippen molar-refractivity contribution in [1.29, 1.82) is 0 Å². The van der Waals surface area contributed by atoms with E-state index in [9.17, 15) is 0 Å². The van der Waals surface area contributed by atoms with Gasteiger partial charge in [-0.1, -0.05) is 17.3 Å². The number of piperidine rings is 1. The van der Waals surface area contributed by atoms with Gasteiger partial charge in [-0.15, -0.1) is 0 Å². The minimum Gasteiger partial charge on any atom is -0.494 e. The topological polar surface area (TPSA) is 60.2 Å². The van der Waals surface area contributed by atoms with Crippen LogP contribution in [0.25, 0.3) is 11.4 Å². The smallest absolute Gasteiger partial charge is 0.231 e. The Bertz CT molecular complexity index is 562. The fourth-order valence-corrected chi connectivity index (χ4v) is 2.47. The molecule has 2 aromatic rings. The molecule has 1 fully saturated rings. The van der Waals surface area contributed by atoms with Crippen LogP contribution in [0.1, 0.15) is 31.6 Å². The molecule has 0 unspecified atom stereocenters. The summed E-state index contributed by atoms with van der Waals surface area (Å²) in [6, 6.07) is 7.78. The van der Waals surface area contributed by atoms with Crippen molar-refractivity contribution in [2.45, 2.75) is 25.7 Å². The van der Waals surface area contributed by atoms with Gasteiger partial charge in [-0.2, -0.15) is 4.98 Å². The first-order valence-electron chi connectivity index (χ1n) is 7.14. The van der Waals surface area contributed by atoms with Crippen LogP contribution in [0.3, 0.4) is 0 Å². The van der Waals surface area contributed by atoms with Gasteiger partial charge >= 0.3 is 0 Å². The van der Waals surface area contributed by atoms with Crippen LogP contribution in [-0.4, -0.2) is 29.8 Å². The van der Waals surface area contributed by atoms with Crippen LogP contribution in [0.5, 0.6) is 5.75 Å². The number of nitrogens with one attached hydrogen (secondary N) is 1. The molecule has 0 spiro atoms. The van der Waals surface area contributed by atoms with Gasteiger partial charge in [0.15, 0.2) is 0 Å². The lowest BCUT2D eigenvalue weighted by molar-refractivity contribution is 0.322. The Morgan fingerprint density at radius 3 is 3.20 bits per heavy atom. The highest BCUT2D eigenvalue weighted by Gasteiger charge is 2.21. The Kier molecular flexibility index (Phi) is 3.97. The first-order chi connectivity index (χ1) is 9.86. The molecule has 20 heavy (non-hydrogen) atoms. The Morgan fingerprint density at radius 2 is 2.40 bits per heavy atom. The molecule has 1 saturated heterocycles. The zero-order valence-electron chi connectivity index (χ0n) is 11.6. The monoisotopic (exact) mass is 273 g/mol. The lowest BCUT2D eigenvalue weighted by atomic mass is 10.00. The van der Waals surface area contributed by atoms with Crippen LogP contribution >= 0.6 is 0 Å². The SMILES string of the molecule is CCOc1cccc(-c2noc([C@H]3CCCNC3)n2)c1. The average Bonchev–Trinajstić information content (AvgIpc) is 2.99. The van der Waals surface area contributed by atoms with Crippen molar-refractivity contribution in [3.05, 3.63) is 30.2 Å². The van der Waals surface area contributed by atoms with Crippen molar-refractivity contribution in [2.24, 2.45) is 0 Å². The molecule has 0 aliphatic carbocycles. The second-order valence-electron chi connectivity index (χ2n) is 4.96. The van der Waals surface area contributed by atoms with Crippen molar-refractivity contribution in [3.8, 4) is 17.1 Å². The summed E-state index contributed by atoms with van der Waals surface area (Å²) in [6.45, 7) is 4.61. The van der Waals surface area contributed by atoms with Crippen molar-refractivity contribution < 1.29 is 9.26 Å². The molecule has 1 aromatic carbocycles. The van der Waals surface area contributed by atoms with Crippen LogP contribution < -0.4 is 10.1 Å². The Hall–Kier alpha value is -1.88. The fourth-order valence-electron chi connectivity index (χ4n) is 2.47. The second-order valence-corrected chi connectivity index (χ2v) is 4.96. The maximum absolute atomic E-state index is 5.49. The summed E-state index contributed by atoms with van der Waals surface area (Å²) in [5.41, 5.74) is 0.926. The molecule has 5 heteroatoms. The summed E-state index contributed by atoms with van der Waals surface area (Å²) < 4.78 is 10.9. The van der Waals surface area contributed by atoms with Gasteiger partial charge in [0.2, 0.25) is 11.7 Å². The number of aromatic nitrogens is 2. The van der Waals surface area contributed by atoms with Gasteiger partial charge in [0.1, 0.15) is 5.75 Å². The van der Waals surface area contributed by atoms with E-state index in [0.717, 1.165) is 43.1 Å². The summed E-state index contributed by atoms with van der Waals surface area (Å²) in [5, 5.41) is 7.45. The molecule has 1 aliphatic heterocycles. The van der Waals surface area contributed by atoms with E-state index >= 15 is 0 Å². The molecular weight excluding hydrogens is 254 g/mol. The highest BCUT2D eigenvalue weighted by molar-refractivity contribution is 5.56. The van der Waals surface area contributed by atoms with Crippen molar-refractivity contribution in [3.63, 3.8) is 0 Å². The largest absolute Gasteiger partial charge is 0.494 e. The molecule has 2 heterocycles. The summed E-state index contributed by atoms with van der Waals surface area (Å²) in [7, 11) is 0. The molecule has 1 aliphatic rings. The molecule has 0 radical (unpaired) electrons. The zero-order valence-corrected chi connectivity index (χ0v) is 11.6. The van der Waals surface area contributed by atoms with Crippen molar-refractivity contribution in [2.75, 3.05) is 19.7 Å². The van der Waals surface area contributed by atoms with Gasteiger partial charge < -0.3 is 14.6 Å². The van der Waals surface area contributed by atoms with E-state index in [1.165, 1.54) is 0 Å². The number of hydrogen-bond acceptors (Lipinski definition) is 5. The van der Waals surface area contributed by atoms with Crippen LogP contribution in [0.15, 0.2) is 28.8 Å². The maximum Gasteiger partial charge on any atom is 0.231 e. The summed E-state index contributed by atoms with van der Waals surface area (Å²) in [6.07, 6.45) is 2.26. The highest BCUT2D eigenvalue weighted by atomic mass is 16.5. The molecule has 0 bridgehead atoms. The summed E-state index contributed by atoms with van der Waals surface area (Å²) >= 11 is 0. The van der Waals surface area contributed by atoms with Gasteiger partial charge in [-0.25, -0.2) is 0 Å². The van der Waals surface area contributed by atoms with Crippen molar-refractivity contribution >= 4 is 0 Å². The lowest BCUT2D eigenvalue weighted by Gasteiger charge is -2.18. The van der Waals surface area contributed by atoms with Crippen LogP contribution in [0, 0.1) is 0 Å². The average molecular weight is 273 g/mol. The van der Waals surface area contributed by atoms with Gasteiger partial charge in [0.05, 0.1) is 12.5 Å². The molecule has 0 amide bonds. The molecular formula is C15H19N3O2. The third-order valence-corrected chi connectivity index (χ3v) is 3.49. The normalized spacial score (nSPS) is 18.9. The van der Waals surface area contributed by atoms with E-state index in [0.29, 0.717) is 18.3 Å². The fraction of sp³-hybridized carbons (Fsp3) is 0.467. The Morgan fingerprint density at radius 1 is 1.45 bits per heavy atom. The first kappa shape index (κ1) is 13.1. The van der Waals surface area contributed by atoms with Gasteiger partial charge in [0.25, 0.3) is 0 Å². The van der Waals surface area contributed by atoms with E-state index in [1.807, 2.05) is 31.2 Å². The minimum atomic E-state index is 0.333. The van der Waals surface area contributed by atoms with E-state index < -0.39 is 0 Å². The molecule has 0 saturated carbocycles. The van der Waals surface area contributed by atoms with E-state index in [2.05, 4.69) is 15.5 Å². The second kappa shape index (κ2) is 6.05. The third-order valence-electron chi connectivity index (χ3n) is 3.49. The molecule has 3 rings (SSSR count). The highest BCUT2D eigenvalue weighted by Crippen LogP contribution is 2.26. The number of hydrogen-bond donors (Lipinski definition) is 1. The number of benzene rings is 1. The van der Waals surface area contributed by atoms with Crippen LogP contribution in [-0.2, 0) is 0 Å². The summed E-state index contributed by atoms with van der Waals surface area (Å²) in [5.74, 6) is 2.52. The predicted octanol–water partition coefficient (Wildman–Crippen LogP) is 2.60. The van der Waals surface area contributed by atoms with E-state index in [1.54, 1.807) is 0 Å². The Labute approximate surface area is 118 Å². The molecule has 1 N–H and O–H groups in total. The standard InChI is InChI=1S/C15H19N3O2/c1-2-19-13-7-3-5-11(9-13)14-17-15(20-18-14)12-6-4-8-16-10-12/h3,5,7,9,12,16H,2,4,6,8,10H2,1H3/t12-/m0/s1. The number of nitrogens with zero attached hydrogens (tertiary/aromatic N) is 2. The summed E-state index contributed by atoms with van der Waals surface area (Å²) in [4.78, 5) is 4.53. The molecule has 1 aromatic heterocycles. The van der Waals surface area contributed by atoms with E-state index in [-0.39, 0.29) is 0 Å². The van der Waals surface area contributed by atoms with Gasteiger partial charge in [-0.3, -0.25) is 0 Å². The third kappa shape index (κ3) is 2.82. The van der Waals surface area contributed by atoms with Gasteiger partial charge in [0, 0.05) is 12.1 Å². The number of ether oxygens (including phenoxy) is 1. The first-order valence-corrected chi connectivity index (χ1v) is 7.14. The van der Waals surface area contributed by atoms with Gasteiger partial charge in [-0.05, 0) is 38.4 Å². The van der Waals surface area contributed by atoms with E-state index in [4.69, 9.17) is 9.26 Å². The van der Waals surface area contributed by atoms with Crippen molar-refractivity contribution in [1.82, 2.24) is 15.5 Å². The lowest BCUT2D eigenvalue weighted by Crippen LogP contribution is -2.28.